The van der Waals surface area contributed by atoms with Crippen LogP contribution in [-0.2, 0) is 0 Å². The summed E-state index contributed by atoms with van der Waals surface area (Å²) in [6.45, 7) is 1.85. The Morgan fingerprint density at radius 3 is 2.78 bits per heavy atom. The molecule has 5 nitrogen and oxygen atoms in total. The number of hydrogen-bond donors (Lipinski definition) is 1. The second-order valence-electron chi connectivity index (χ2n) is 4.06. The lowest BCUT2D eigenvalue weighted by Gasteiger charge is -2.22. The molecule has 0 fully saturated rings. The first-order valence-electron chi connectivity index (χ1n) is 5.38. The number of fused-ring (bicyclic) bond motifs is 1. The van der Waals surface area contributed by atoms with E-state index in [4.69, 9.17) is 0 Å². The Hall–Kier alpha value is -1.73. The molecule has 94 valence electrons. The zero-order valence-corrected chi connectivity index (χ0v) is 10.6. The minimum atomic E-state index is -0.894. The Kier molecular flexibility index (Phi) is 2.46. The van der Waals surface area contributed by atoms with Crippen molar-refractivity contribution < 1.29 is 9.50 Å². The van der Waals surface area contributed by atoms with Gasteiger partial charge in [0.1, 0.15) is 10.8 Å². The molecule has 1 aliphatic rings. The van der Waals surface area contributed by atoms with E-state index in [1.54, 1.807) is 22.9 Å². The topological polar surface area (TPSA) is 52.5 Å². The van der Waals surface area contributed by atoms with Crippen LogP contribution in [0.5, 0.6) is 0 Å². The maximum absolute atomic E-state index is 13.2. The number of anilines is 3. The van der Waals surface area contributed by atoms with Crippen molar-refractivity contribution in [2.24, 2.45) is 0 Å². The first kappa shape index (κ1) is 11.4. The van der Waals surface area contributed by atoms with Crippen molar-refractivity contribution in [3.63, 3.8) is 0 Å². The predicted octanol–water partition coefficient (Wildman–Crippen LogP) is 1.85. The van der Waals surface area contributed by atoms with Gasteiger partial charge in [0, 0.05) is 7.05 Å². The molecular weight excluding hydrogens is 255 g/mol. The first-order valence-corrected chi connectivity index (χ1v) is 6.19. The Morgan fingerprint density at radius 2 is 2.11 bits per heavy atom. The van der Waals surface area contributed by atoms with Crippen molar-refractivity contribution in [3.05, 3.63) is 29.0 Å². The van der Waals surface area contributed by atoms with E-state index in [1.807, 2.05) is 6.92 Å². The minimum absolute atomic E-state index is 0.330. The average Bonchev–Trinajstić information content (AvgIpc) is 2.85. The second-order valence-corrected chi connectivity index (χ2v) is 5.22. The zero-order valence-electron chi connectivity index (χ0n) is 9.83. The third-order valence-corrected chi connectivity index (χ3v) is 3.71. The summed E-state index contributed by atoms with van der Waals surface area (Å²) in [6, 6.07) is 4.40. The molecule has 0 saturated carbocycles. The number of hydrogen-bond acceptors (Lipinski definition) is 6. The number of nitrogens with zero attached hydrogens (tertiary/aromatic N) is 4. The number of aromatic nitrogens is 2. The van der Waals surface area contributed by atoms with Gasteiger partial charge in [-0.1, -0.05) is 11.3 Å². The maximum atomic E-state index is 13.2. The van der Waals surface area contributed by atoms with Crippen LogP contribution in [-0.4, -0.2) is 28.7 Å². The summed E-state index contributed by atoms with van der Waals surface area (Å²) in [4.78, 5) is 3.23. The molecule has 7 heteroatoms. The summed E-state index contributed by atoms with van der Waals surface area (Å²) in [7, 11) is 1.71. The highest BCUT2D eigenvalue weighted by atomic mass is 32.1. The van der Waals surface area contributed by atoms with E-state index in [9.17, 15) is 9.50 Å². The molecule has 18 heavy (non-hydrogen) atoms. The van der Waals surface area contributed by atoms with Crippen LogP contribution in [0.3, 0.4) is 0 Å². The molecule has 0 radical (unpaired) electrons. The molecule has 2 aromatic rings. The fraction of sp³-hybridized carbons (Fsp3) is 0.273. The molecule has 2 heterocycles. The molecule has 1 atom stereocenters. The fourth-order valence-electron chi connectivity index (χ4n) is 1.99. The molecule has 0 amide bonds. The molecule has 0 spiro atoms. The van der Waals surface area contributed by atoms with E-state index >= 15 is 0 Å². The van der Waals surface area contributed by atoms with E-state index in [-0.39, 0.29) is 5.82 Å². The highest BCUT2D eigenvalue weighted by molar-refractivity contribution is 7.15. The summed E-state index contributed by atoms with van der Waals surface area (Å²) in [5.41, 5.74) is 1.36. The van der Waals surface area contributed by atoms with Gasteiger partial charge in [0.15, 0.2) is 0 Å². The van der Waals surface area contributed by atoms with Crippen LogP contribution in [0.1, 0.15) is 5.01 Å². The van der Waals surface area contributed by atoms with Crippen molar-refractivity contribution in [2.75, 3.05) is 16.8 Å². The lowest BCUT2D eigenvalue weighted by Crippen LogP contribution is -2.38. The van der Waals surface area contributed by atoms with Crippen molar-refractivity contribution in [2.45, 2.75) is 13.3 Å². The van der Waals surface area contributed by atoms with Gasteiger partial charge in [-0.05, 0) is 25.1 Å². The number of aryl methyl sites for hydroxylation is 1. The summed E-state index contributed by atoms with van der Waals surface area (Å²) < 4.78 is 13.2. The van der Waals surface area contributed by atoms with Crippen LogP contribution in [0.15, 0.2) is 18.2 Å². The van der Waals surface area contributed by atoms with E-state index in [0.717, 1.165) is 10.7 Å². The van der Waals surface area contributed by atoms with Gasteiger partial charge < -0.3 is 10.0 Å². The van der Waals surface area contributed by atoms with Gasteiger partial charge in [0.05, 0.1) is 11.4 Å². The van der Waals surface area contributed by atoms with E-state index in [2.05, 4.69) is 10.2 Å². The van der Waals surface area contributed by atoms with Crippen LogP contribution in [0.4, 0.5) is 20.9 Å². The number of benzene rings is 1. The zero-order chi connectivity index (χ0) is 12.9. The molecule has 1 aromatic carbocycles. The van der Waals surface area contributed by atoms with Crippen molar-refractivity contribution in [1.82, 2.24) is 10.2 Å². The smallest absolute Gasteiger partial charge is 0.216 e. The lowest BCUT2D eigenvalue weighted by molar-refractivity contribution is 0.189. The summed E-state index contributed by atoms with van der Waals surface area (Å²) in [5.74, 6) is -0.330. The molecular formula is C11H11FN4OS. The van der Waals surface area contributed by atoms with E-state index < -0.39 is 6.35 Å². The van der Waals surface area contributed by atoms with Crippen LogP contribution < -0.4 is 9.80 Å². The number of aliphatic hydroxyl groups is 1. The third kappa shape index (κ3) is 1.55. The Balaban J connectivity index is 2.13. The Bertz CT molecular complexity index is 602. The summed E-state index contributed by atoms with van der Waals surface area (Å²) >= 11 is 1.38. The molecule has 1 N–H and O–H groups in total. The van der Waals surface area contributed by atoms with Gasteiger partial charge in [0.25, 0.3) is 0 Å². The molecule has 0 bridgehead atoms. The van der Waals surface area contributed by atoms with E-state index in [0.29, 0.717) is 10.8 Å². The highest BCUT2D eigenvalue weighted by Crippen LogP contribution is 2.43. The van der Waals surface area contributed by atoms with Gasteiger partial charge in [-0.25, -0.2) is 4.39 Å². The van der Waals surface area contributed by atoms with Gasteiger partial charge in [-0.15, -0.1) is 10.2 Å². The van der Waals surface area contributed by atoms with Crippen LogP contribution >= 0.6 is 11.3 Å². The van der Waals surface area contributed by atoms with Crippen LogP contribution in [0.25, 0.3) is 0 Å². The van der Waals surface area contributed by atoms with E-state index in [1.165, 1.54) is 23.5 Å². The Labute approximate surface area is 107 Å². The van der Waals surface area contributed by atoms with Crippen molar-refractivity contribution in [1.29, 1.82) is 0 Å². The normalized spacial score (nSPS) is 18.3. The molecule has 0 aliphatic carbocycles. The monoisotopic (exact) mass is 266 g/mol. The average molecular weight is 266 g/mol. The van der Waals surface area contributed by atoms with Crippen molar-refractivity contribution in [3.8, 4) is 0 Å². The quantitative estimate of drug-likeness (QED) is 0.853. The van der Waals surface area contributed by atoms with Crippen LogP contribution in [0.2, 0.25) is 0 Å². The lowest BCUT2D eigenvalue weighted by atomic mass is 10.2. The largest absolute Gasteiger partial charge is 0.356 e. The molecule has 1 aliphatic heterocycles. The Morgan fingerprint density at radius 1 is 1.33 bits per heavy atom. The van der Waals surface area contributed by atoms with Gasteiger partial charge in [0.2, 0.25) is 11.5 Å². The summed E-state index contributed by atoms with van der Waals surface area (Å²) in [5, 5.41) is 19.6. The molecule has 3 rings (SSSR count). The second kappa shape index (κ2) is 3.89. The number of aliphatic hydroxyl groups excluding tert-OH is 1. The minimum Gasteiger partial charge on any atom is -0.356 e. The summed E-state index contributed by atoms with van der Waals surface area (Å²) in [6.07, 6.45) is -0.894. The third-order valence-electron chi connectivity index (χ3n) is 2.88. The predicted molar refractivity (Wildman–Crippen MR) is 67.6 cm³/mol. The fourth-order valence-corrected chi connectivity index (χ4v) is 2.71. The maximum Gasteiger partial charge on any atom is 0.216 e. The van der Waals surface area contributed by atoms with Gasteiger partial charge in [-0.3, -0.25) is 4.90 Å². The first-order chi connectivity index (χ1) is 8.58. The molecule has 1 unspecified atom stereocenters. The standard InChI is InChI=1S/C11H11FN4OS/c1-6-13-14-10(18-6)16-8-4-3-7(12)5-9(8)15(2)11(16)17/h3-5,11,17H,1-2H3. The van der Waals surface area contributed by atoms with Gasteiger partial charge >= 0.3 is 0 Å². The number of rotatable bonds is 1. The van der Waals surface area contributed by atoms with Crippen molar-refractivity contribution >= 4 is 27.8 Å². The molecule has 1 aromatic heterocycles. The molecule has 0 saturated heterocycles. The number of halogens is 1. The SMILES string of the molecule is Cc1nnc(N2c3ccc(F)cc3N(C)C2O)s1. The van der Waals surface area contributed by atoms with Crippen LogP contribution in [0, 0.1) is 12.7 Å². The van der Waals surface area contributed by atoms with Gasteiger partial charge in [-0.2, -0.15) is 0 Å². The highest BCUT2D eigenvalue weighted by Gasteiger charge is 2.35.